The average molecular weight is 221 g/mol. The standard InChI is InChI=1S/C13H19NO2/c1-10(13(15)16-4)8-11-6-5-7-12(9-11)14(2)3/h5-7,9-10H,8H2,1-4H3. The molecule has 1 aromatic rings. The van der Waals surface area contributed by atoms with Crippen LogP contribution in [-0.2, 0) is 16.0 Å². The van der Waals surface area contributed by atoms with Gasteiger partial charge in [-0.1, -0.05) is 19.1 Å². The van der Waals surface area contributed by atoms with Crippen molar-refractivity contribution in [2.24, 2.45) is 5.92 Å². The summed E-state index contributed by atoms with van der Waals surface area (Å²) in [7, 11) is 5.43. The third kappa shape index (κ3) is 3.26. The first-order valence-electron chi connectivity index (χ1n) is 5.38. The van der Waals surface area contributed by atoms with E-state index < -0.39 is 0 Å². The maximum atomic E-state index is 11.3. The summed E-state index contributed by atoms with van der Waals surface area (Å²) in [4.78, 5) is 13.4. The van der Waals surface area contributed by atoms with E-state index in [-0.39, 0.29) is 11.9 Å². The smallest absolute Gasteiger partial charge is 0.308 e. The van der Waals surface area contributed by atoms with Crippen molar-refractivity contribution in [3.05, 3.63) is 29.8 Å². The zero-order valence-corrected chi connectivity index (χ0v) is 10.4. The maximum Gasteiger partial charge on any atom is 0.308 e. The van der Waals surface area contributed by atoms with Gasteiger partial charge in [0.25, 0.3) is 0 Å². The molecular formula is C13H19NO2. The molecule has 0 saturated heterocycles. The van der Waals surface area contributed by atoms with E-state index in [0.717, 1.165) is 11.3 Å². The highest BCUT2D eigenvalue weighted by Gasteiger charge is 2.13. The molecule has 0 heterocycles. The number of esters is 1. The van der Waals surface area contributed by atoms with Crippen LogP contribution in [0, 0.1) is 5.92 Å². The average Bonchev–Trinajstić information content (AvgIpc) is 2.28. The van der Waals surface area contributed by atoms with Gasteiger partial charge in [-0.15, -0.1) is 0 Å². The van der Waals surface area contributed by atoms with E-state index in [0.29, 0.717) is 6.42 Å². The normalized spacial score (nSPS) is 12.0. The fourth-order valence-corrected chi connectivity index (χ4v) is 1.60. The van der Waals surface area contributed by atoms with Crippen molar-refractivity contribution in [1.82, 2.24) is 0 Å². The fraction of sp³-hybridized carbons (Fsp3) is 0.462. The molecule has 1 aromatic carbocycles. The molecule has 88 valence electrons. The second kappa shape index (κ2) is 5.54. The monoisotopic (exact) mass is 221 g/mol. The van der Waals surface area contributed by atoms with Crippen LogP contribution in [-0.4, -0.2) is 27.2 Å². The van der Waals surface area contributed by atoms with Gasteiger partial charge in [-0.2, -0.15) is 0 Å². The molecular weight excluding hydrogens is 202 g/mol. The van der Waals surface area contributed by atoms with Gasteiger partial charge >= 0.3 is 5.97 Å². The summed E-state index contributed by atoms with van der Waals surface area (Å²) in [5, 5.41) is 0. The van der Waals surface area contributed by atoms with Crippen molar-refractivity contribution in [2.45, 2.75) is 13.3 Å². The lowest BCUT2D eigenvalue weighted by molar-refractivity contribution is -0.144. The Kier molecular flexibility index (Phi) is 4.35. The third-order valence-corrected chi connectivity index (χ3v) is 2.57. The molecule has 1 unspecified atom stereocenters. The van der Waals surface area contributed by atoms with Gasteiger partial charge in [0.2, 0.25) is 0 Å². The summed E-state index contributed by atoms with van der Waals surface area (Å²) < 4.78 is 4.71. The number of anilines is 1. The molecule has 1 atom stereocenters. The fourth-order valence-electron chi connectivity index (χ4n) is 1.60. The quantitative estimate of drug-likeness (QED) is 0.729. The van der Waals surface area contributed by atoms with Gasteiger partial charge in [0.05, 0.1) is 13.0 Å². The second-order valence-corrected chi connectivity index (χ2v) is 4.19. The highest BCUT2D eigenvalue weighted by atomic mass is 16.5. The summed E-state index contributed by atoms with van der Waals surface area (Å²) in [6.07, 6.45) is 0.717. The van der Waals surface area contributed by atoms with Crippen LogP contribution in [0.2, 0.25) is 0 Å². The first-order valence-corrected chi connectivity index (χ1v) is 5.38. The topological polar surface area (TPSA) is 29.5 Å². The SMILES string of the molecule is COC(=O)C(C)Cc1cccc(N(C)C)c1. The first-order chi connectivity index (χ1) is 7.54. The van der Waals surface area contributed by atoms with Gasteiger partial charge < -0.3 is 9.64 Å². The third-order valence-electron chi connectivity index (χ3n) is 2.57. The Hall–Kier alpha value is -1.51. The van der Waals surface area contributed by atoms with Crippen LogP contribution in [0.4, 0.5) is 5.69 Å². The largest absolute Gasteiger partial charge is 0.469 e. The first kappa shape index (κ1) is 12.6. The number of hydrogen-bond acceptors (Lipinski definition) is 3. The molecule has 0 aromatic heterocycles. The molecule has 0 aliphatic carbocycles. The molecule has 0 radical (unpaired) electrons. The van der Waals surface area contributed by atoms with Crippen LogP contribution in [0.5, 0.6) is 0 Å². The van der Waals surface area contributed by atoms with Crippen LogP contribution in [0.3, 0.4) is 0 Å². The van der Waals surface area contributed by atoms with Gasteiger partial charge in [0.15, 0.2) is 0 Å². The molecule has 16 heavy (non-hydrogen) atoms. The maximum absolute atomic E-state index is 11.3. The Labute approximate surface area is 97.0 Å². The van der Waals surface area contributed by atoms with E-state index in [4.69, 9.17) is 4.74 Å². The predicted octanol–water partition coefficient (Wildman–Crippen LogP) is 2.10. The number of methoxy groups -OCH3 is 1. The lowest BCUT2D eigenvalue weighted by atomic mass is 10.0. The van der Waals surface area contributed by atoms with Crippen LogP contribution < -0.4 is 4.90 Å². The Morgan fingerprint density at radius 2 is 2.12 bits per heavy atom. The zero-order chi connectivity index (χ0) is 12.1. The van der Waals surface area contributed by atoms with Gasteiger partial charge in [0.1, 0.15) is 0 Å². The molecule has 0 aliphatic rings. The van der Waals surface area contributed by atoms with E-state index >= 15 is 0 Å². The number of hydrogen-bond donors (Lipinski definition) is 0. The summed E-state index contributed by atoms with van der Waals surface area (Å²) >= 11 is 0. The molecule has 3 nitrogen and oxygen atoms in total. The Morgan fingerprint density at radius 3 is 2.69 bits per heavy atom. The highest BCUT2D eigenvalue weighted by Crippen LogP contribution is 2.16. The molecule has 0 amide bonds. The van der Waals surface area contributed by atoms with Crippen LogP contribution in [0.15, 0.2) is 24.3 Å². The zero-order valence-electron chi connectivity index (χ0n) is 10.4. The number of carbonyl (C=O) groups is 1. The molecule has 0 saturated carbocycles. The van der Waals surface area contributed by atoms with Crippen molar-refractivity contribution in [2.75, 3.05) is 26.1 Å². The molecule has 0 bridgehead atoms. The van der Waals surface area contributed by atoms with E-state index in [1.165, 1.54) is 7.11 Å². The Balaban J connectivity index is 2.74. The lowest BCUT2D eigenvalue weighted by Crippen LogP contribution is -2.15. The molecule has 3 heteroatoms. The molecule has 0 N–H and O–H groups in total. The van der Waals surface area contributed by atoms with Crippen molar-refractivity contribution < 1.29 is 9.53 Å². The minimum Gasteiger partial charge on any atom is -0.469 e. The minimum atomic E-state index is -0.157. The van der Waals surface area contributed by atoms with E-state index in [2.05, 4.69) is 6.07 Å². The van der Waals surface area contributed by atoms with Crippen molar-refractivity contribution in [3.8, 4) is 0 Å². The van der Waals surface area contributed by atoms with E-state index in [1.807, 2.05) is 44.1 Å². The van der Waals surface area contributed by atoms with E-state index in [9.17, 15) is 4.79 Å². The number of benzene rings is 1. The van der Waals surface area contributed by atoms with Crippen molar-refractivity contribution >= 4 is 11.7 Å². The lowest BCUT2D eigenvalue weighted by Gasteiger charge is -2.15. The van der Waals surface area contributed by atoms with Crippen LogP contribution in [0.1, 0.15) is 12.5 Å². The molecule has 1 rings (SSSR count). The summed E-state index contributed by atoms with van der Waals surface area (Å²) in [5.74, 6) is -0.252. The number of carbonyl (C=O) groups excluding carboxylic acids is 1. The number of ether oxygens (including phenoxy) is 1. The predicted molar refractivity (Wildman–Crippen MR) is 65.7 cm³/mol. The van der Waals surface area contributed by atoms with Gasteiger partial charge in [-0.3, -0.25) is 4.79 Å². The molecule has 0 spiro atoms. The number of rotatable bonds is 4. The molecule has 0 aliphatic heterocycles. The summed E-state index contributed by atoms with van der Waals surface area (Å²) in [5.41, 5.74) is 2.30. The minimum absolute atomic E-state index is 0.0950. The van der Waals surface area contributed by atoms with Gasteiger partial charge in [-0.05, 0) is 24.1 Å². The second-order valence-electron chi connectivity index (χ2n) is 4.19. The van der Waals surface area contributed by atoms with Crippen LogP contribution >= 0.6 is 0 Å². The highest BCUT2D eigenvalue weighted by molar-refractivity contribution is 5.72. The number of nitrogens with zero attached hydrogens (tertiary/aromatic N) is 1. The summed E-state index contributed by atoms with van der Waals surface area (Å²) in [6, 6.07) is 8.19. The van der Waals surface area contributed by atoms with Crippen LogP contribution in [0.25, 0.3) is 0 Å². The Morgan fingerprint density at radius 1 is 1.44 bits per heavy atom. The van der Waals surface area contributed by atoms with Gasteiger partial charge in [-0.25, -0.2) is 0 Å². The Bertz CT molecular complexity index is 361. The van der Waals surface area contributed by atoms with Crippen molar-refractivity contribution in [1.29, 1.82) is 0 Å². The van der Waals surface area contributed by atoms with Crippen molar-refractivity contribution in [3.63, 3.8) is 0 Å². The summed E-state index contributed by atoms with van der Waals surface area (Å²) in [6.45, 7) is 1.88. The van der Waals surface area contributed by atoms with Gasteiger partial charge in [0, 0.05) is 19.8 Å². The molecule has 0 fully saturated rings. The van der Waals surface area contributed by atoms with E-state index in [1.54, 1.807) is 0 Å².